The van der Waals surface area contributed by atoms with Crippen LogP contribution in [0.2, 0.25) is 0 Å². The number of nitrogens with one attached hydrogen (secondary N) is 1. The molecule has 100 valence electrons. The second-order valence-corrected chi connectivity index (χ2v) is 4.45. The van der Waals surface area contributed by atoms with E-state index >= 15 is 0 Å². The number of hydrogen-bond donors (Lipinski definition) is 2. The molecule has 0 saturated heterocycles. The van der Waals surface area contributed by atoms with Gasteiger partial charge in [0.05, 0.1) is 11.7 Å². The molecule has 0 spiro atoms. The number of aromatic nitrogens is 1. The van der Waals surface area contributed by atoms with E-state index in [9.17, 15) is 4.39 Å². The average molecular weight is 259 g/mol. The van der Waals surface area contributed by atoms with Crippen molar-refractivity contribution in [1.82, 2.24) is 10.4 Å². The molecule has 0 aliphatic carbocycles. The van der Waals surface area contributed by atoms with Crippen LogP contribution in [0.3, 0.4) is 0 Å². The van der Waals surface area contributed by atoms with Crippen molar-refractivity contribution >= 4 is 0 Å². The van der Waals surface area contributed by atoms with Gasteiger partial charge in [-0.15, -0.1) is 0 Å². The van der Waals surface area contributed by atoms with E-state index in [2.05, 4.69) is 23.4 Å². The molecule has 0 aliphatic rings. The molecule has 4 heteroatoms. The molecule has 19 heavy (non-hydrogen) atoms. The zero-order valence-corrected chi connectivity index (χ0v) is 10.9. The van der Waals surface area contributed by atoms with Crippen molar-refractivity contribution in [3.05, 3.63) is 65.2 Å². The molecule has 1 aromatic heterocycles. The first-order valence-electron chi connectivity index (χ1n) is 6.39. The number of nitrogens with two attached hydrogens (primary N) is 1. The molecule has 3 nitrogen and oxygen atoms in total. The van der Waals surface area contributed by atoms with E-state index in [4.69, 9.17) is 5.84 Å². The van der Waals surface area contributed by atoms with Crippen molar-refractivity contribution < 1.29 is 4.39 Å². The molecule has 1 aromatic carbocycles. The van der Waals surface area contributed by atoms with E-state index in [1.54, 1.807) is 18.3 Å². The summed E-state index contributed by atoms with van der Waals surface area (Å²) in [5.74, 6) is 5.41. The third-order valence-electron chi connectivity index (χ3n) is 3.19. The summed E-state index contributed by atoms with van der Waals surface area (Å²) in [7, 11) is 0. The van der Waals surface area contributed by atoms with Crippen LogP contribution in [0.1, 0.15) is 29.8 Å². The molecule has 0 aliphatic heterocycles. The Kier molecular flexibility index (Phi) is 4.60. The van der Waals surface area contributed by atoms with Crippen LogP contribution in [0, 0.1) is 5.82 Å². The molecular weight excluding hydrogens is 241 g/mol. The maximum absolute atomic E-state index is 12.9. The summed E-state index contributed by atoms with van der Waals surface area (Å²) in [4.78, 5) is 4.42. The Morgan fingerprint density at radius 1 is 1.26 bits per heavy atom. The van der Waals surface area contributed by atoms with Gasteiger partial charge >= 0.3 is 0 Å². The summed E-state index contributed by atoms with van der Waals surface area (Å²) in [6.45, 7) is 2.09. The fraction of sp³-hybridized carbons (Fsp3) is 0.267. The van der Waals surface area contributed by atoms with Crippen LogP contribution in [-0.4, -0.2) is 4.98 Å². The van der Waals surface area contributed by atoms with Crippen molar-refractivity contribution in [3.8, 4) is 0 Å². The van der Waals surface area contributed by atoms with Gasteiger partial charge in [-0.25, -0.2) is 4.39 Å². The predicted molar refractivity (Wildman–Crippen MR) is 73.8 cm³/mol. The lowest BCUT2D eigenvalue weighted by atomic mass is 9.99. The van der Waals surface area contributed by atoms with Gasteiger partial charge in [0.15, 0.2) is 0 Å². The first-order chi connectivity index (χ1) is 9.24. The van der Waals surface area contributed by atoms with Gasteiger partial charge in [0.1, 0.15) is 5.82 Å². The van der Waals surface area contributed by atoms with E-state index in [1.807, 2.05) is 6.07 Å². The third kappa shape index (κ3) is 3.36. The summed E-state index contributed by atoms with van der Waals surface area (Å²) in [5, 5.41) is 0. The highest BCUT2D eigenvalue weighted by Gasteiger charge is 2.15. The monoisotopic (exact) mass is 259 g/mol. The van der Waals surface area contributed by atoms with Crippen molar-refractivity contribution in [2.75, 3.05) is 0 Å². The molecule has 1 atom stereocenters. The summed E-state index contributed by atoms with van der Waals surface area (Å²) in [5.41, 5.74) is 5.95. The van der Waals surface area contributed by atoms with Crippen molar-refractivity contribution in [2.24, 2.45) is 5.84 Å². The first kappa shape index (κ1) is 13.6. The molecule has 1 heterocycles. The number of hydrazine groups is 1. The van der Waals surface area contributed by atoms with Crippen LogP contribution in [0.25, 0.3) is 0 Å². The largest absolute Gasteiger partial charge is 0.271 e. The number of pyridine rings is 1. The quantitative estimate of drug-likeness (QED) is 0.641. The Morgan fingerprint density at radius 2 is 2.00 bits per heavy atom. The van der Waals surface area contributed by atoms with Crippen LogP contribution in [-0.2, 0) is 12.8 Å². The molecule has 2 rings (SSSR count). The number of benzene rings is 1. The summed E-state index contributed by atoms with van der Waals surface area (Å²) in [6, 6.07) is 10.4. The van der Waals surface area contributed by atoms with Gasteiger partial charge in [0.25, 0.3) is 0 Å². The first-order valence-corrected chi connectivity index (χ1v) is 6.39. The van der Waals surface area contributed by atoms with Crippen molar-refractivity contribution in [1.29, 1.82) is 0 Å². The summed E-state index contributed by atoms with van der Waals surface area (Å²) >= 11 is 0. The molecule has 3 N–H and O–H groups in total. The smallest absolute Gasteiger partial charge is 0.123 e. The molecule has 0 saturated carbocycles. The number of aryl methyl sites for hydroxylation is 1. The van der Waals surface area contributed by atoms with E-state index in [0.717, 1.165) is 17.7 Å². The zero-order valence-electron chi connectivity index (χ0n) is 10.9. The van der Waals surface area contributed by atoms with Crippen LogP contribution in [0.15, 0.2) is 42.6 Å². The van der Waals surface area contributed by atoms with Crippen LogP contribution < -0.4 is 11.3 Å². The Balaban J connectivity index is 2.22. The van der Waals surface area contributed by atoms with Crippen LogP contribution >= 0.6 is 0 Å². The van der Waals surface area contributed by atoms with Crippen molar-refractivity contribution in [2.45, 2.75) is 25.8 Å². The second-order valence-electron chi connectivity index (χ2n) is 4.45. The molecule has 0 fully saturated rings. The summed E-state index contributed by atoms with van der Waals surface area (Å²) in [6.07, 6.45) is 3.36. The zero-order chi connectivity index (χ0) is 13.7. The molecule has 0 amide bonds. The summed E-state index contributed by atoms with van der Waals surface area (Å²) < 4.78 is 12.9. The number of nitrogens with zero attached hydrogens (tertiary/aromatic N) is 1. The maximum Gasteiger partial charge on any atom is 0.123 e. The normalized spacial score (nSPS) is 12.4. The van der Waals surface area contributed by atoms with E-state index < -0.39 is 0 Å². The van der Waals surface area contributed by atoms with Gasteiger partial charge in [-0.05, 0) is 42.2 Å². The highest BCUT2D eigenvalue weighted by molar-refractivity contribution is 5.26. The molecular formula is C15H18FN3. The van der Waals surface area contributed by atoms with Crippen LogP contribution in [0.5, 0.6) is 0 Å². The lowest BCUT2D eigenvalue weighted by Gasteiger charge is -2.18. The highest BCUT2D eigenvalue weighted by Crippen LogP contribution is 2.20. The maximum atomic E-state index is 12.9. The predicted octanol–water partition coefficient (Wildman–Crippen LogP) is 2.53. The lowest BCUT2D eigenvalue weighted by molar-refractivity contribution is 0.532. The fourth-order valence-electron chi connectivity index (χ4n) is 2.15. The minimum absolute atomic E-state index is 0.0680. The third-order valence-corrected chi connectivity index (χ3v) is 3.19. The SMILES string of the molecule is CCc1cccnc1C(Cc1ccc(F)cc1)NN. The van der Waals surface area contributed by atoms with Gasteiger partial charge in [0.2, 0.25) is 0 Å². The van der Waals surface area contributed by atoms with E-state index in [0.29, 0.717) is 6.42 Å². The Bertz CT molecular complexity index is 525. The van der Waals surface area contributed by atoms with Gasteiger partial charge in [-0.2, -0.15) is 0 Å². The second kappa shape index (κ2) is 6.41. The van der Waals surface area contributed by atoms with Gasteiger partial charge < -0.3 is 0 Å². The van der Waals surface area contributed by atoms with Crippen LogP contribution in [0.4, 0.5) is 4.39 Å². The van der Waals surface area contributed by atoms with Gasteiger partial charge in [0, 0.05) is 6.20 Å². The van der Waals surface area contributed by atoms with E-state index in [-0.39, 0.29) is 11.9 Å². The standard InChI is InChI=1S/C15H18FN3/c1-2-12-4-3-9-18-15(12)14(19-17)10-11-5-7-13(16)8-6-11/h3-9,14,19H,2,10,17H2,1H3. The average Bonchev–Trinajstić information content (AvgIpc) is 2.46. The van der Waals surface area contributed by atoms with E-state index in [1.165, 1.54) is 17.7 Å². The molecule has 1 unspecified atom stereocenters. The Labute approximate surface area is 112 Å². The van der Waals surface area contributed by atoms with Gasteiger partial charge in [-0.3, -0.25) is 16.3 Å². The number of halogens is 1. The molecule has 0 bridgehead atoms. The highest BCUT2D eigenvalue weighted by atomic mass is 19.1. The topological polar surface area (TPSA) is 50.9 Å². The minimum Gasteiger partial charge on any atom is -0.271 e. The minimum atomic E-state index is -0.229. The molecule has 0 radical (unpaired) electrons. The lowest BCUT2D eigenvalue weighted by Crippen LogP contribution is -2.31. The number of rotatable bonds is 5. The Morgan fingerprint density at radius 3 is 2.63 bits per heavy atom. The Hall–Kier alpha value is -1.78. The van der Waals surface area contributed by atoms with Gasteiger partial charge in [-0.1, -0.05) is 25.1 Å². The number of hydrogen-bond acceptors (Lipinski definition) is 3. The fourth-order valence-corrected chi connectivity index (χ4v) is 2.15. The van der Waals surface area contributed by atoms with Crippen molar-refractivity contribution in [3.63, 3.8) is 0 Å². The molecule has 2 aromatic rings.